The zero-order chi connectivity index (χ0) is 24.8. The van der Waals surface area contributed by atoms with Gasteiger partial charge < -0.3 is 4.43 Å². The lowest BCUT2D eigenvalue weighted by Gasteiger charge is -2.43. The largest absolute Gasteiger partial charge is 0.407 e. The molecule has 180 valence electrons. The Morgan fingerprint density at radius 2 is 1.44 bits per heavy atom. The molecule has 0 saturated heterocycles. The smallest absolute Gasteiger partial charge is 0.261 e. The molecule has 0 aliphatic rings. The zero-order valence-corrected chi connectivity index (χ0v) is 22.2. The SMILES string of the molecule is C=C[C@H](CO[Si](c1ccccc1)(c1ccccc1)C(C)(C)C)C[C@@H](C)S(=O)(=O)c1ncccn1. The predicted molar refractivity (Wildman–Crippen MR) is 141 cm³/mol. The van der Waals surface area contributed by atoms with Crippen molar-refractivity contribution in [2.75, 3.05) is 6.61 Å². The van der Waals surface area contributed by atoms with Crippen LogP contribution in [-0.4, -0.2) is 38.6 Å². The maximum absolute atomic E-state index is 13.0. The number of aromatic nitrogens is 2. The molecule has 7 heteroatoms. The van der Waals surface area contributed by atoms with Crippen LogP contribution in [0.15, 0.2) is 96.9 Å². The van der Waals surface area contributed by atoms with Gasteiger partial charge in [-0.2, -0.15) is 0 Å². The molecule has 3 rings (SSSR count). The molecule has 1 heterocycles. The Hall–Kier alpha value is -2.61. The summed E-state index contributed by atoms with van der Waals surface area (Å²) in [5, 5.41) is 1.42. The quantitative estimate of drug-likeness (QED) is 0.237. The predicted octanol–water partition coefficient (Wildman–Crippen LogP) is 4.41. The first-order valence-electron chi connectivity index (χ1n) is 11.5. The molecule has 5 nitrogen and oxygen atoms in total. The second-order valence-corrected chi connectivity index (χ2v) is 16.2. The third kappa shape index (κ3) is 5.37. The molecule has 34 heavy (non-hydrogen) atoms. The molecule has 2 atom stereocenters. The average Bonchev–Trinajstić information content (AvgIpc) is 2.84. The Kier molecular flexibility index (Phi) is 8.23. The molecule has 0 fully saturated rings. The van der Waals surface area contributed by atoms with Gasteiger partial charge in [0.25, 0.3) is 8.32 Å². The molecule has 0 radical (unpaired) electrons. The molecule has 0 bridgehead atoms. The van der Waals surface area contributed by atoms with Gasteiger partial charge in [-0.3, -0.25) is 0 Å². The van der Waals surface area contributed by atoms with Crippen molar-refractivity contribution in [2.24, 2.45) is 5.92 Å². The van der Waals surface area contributed by atoms with E-state index in [0.29, 0.717) is 13.0 Å². The molecule has 2 aromatic carbocycles. The van der Waals surface area contributed by atoms with Gasteiger partial charge in [-0.05, 0) is 40.7 Å². The highest BCUT2D eigenvalue weighted by atomic mass is 32.2. The standard InChI is InChI=1S/C27H34N2O3SSi/c1-6-23(20-22(2)33(30,31)26-28-18-13-19-29-26)21-32-34(27(3,4)5,24-14-9-7-10-15-24)25-16-11-8-12-17-25/h6-19,22-23H,1,20-21H2,2-5H3/t22-,23+/m1/s1. The van der Waals surface area contributed by atoms with Crippen LogP contribution in [0.5, 0.6) is 0 Å². The first kappa shape index (κ1) is 26.0. The summed E-state index contributed by atoms with van der Waals surface area (Å²) in [6.07, 6.45) is 5.07. The third-order valence-electron chi connectivity index (χ3n) is 6.23. The van der Waals surface area contributed by atoms with Crippen LogP contribution in [-0.2, 0) is 14.3 Å². The Bertz CT molecular complexity index is 1130. The van der Waals surface area contributed by atoms with E-state index in [1.165, 1.54) is 22.8 Å². The minimum atomic E-state index is -3.64. The molecule has 0 saturated carbocycles. The summed E-state index contributed by atoms with van der Waals surface area (Å²) >= 11 is 0. The van der Waals surface area contributed by atoms with Gasteiger partial charge >= 0.3 is 0 Å². The van der Waals surface area contributed by atoms with Crippen molar-refractivity contribution < 1.29 is 12.8 Å². The minimum absolute atomic E-state index is 0.141. The first-order chi connectivity index (χ1) is 16.1. The van der Waals surface area contributed by atoms with Crippen molar-refractivity contribution in [3.8, 4) is 0 Å². The Balaban J connectivity index is 1.92. The van der Waals surface area contributed by atoms with E-state index in [4.69, 9.17) is 4.43 Å². The van der Waals surface area contributed by atoms with Crippen molar-refractivity contribution in [3.05, 3.63) is 91.8 Å². The van der Waals surface area contributed by atoms with Crippen LogP contribution in [0, 0.1) is 5.92 Å². The van der Waals surface area contributed by atoms with Crippen LogP contribution in [0.4, 0.5) is 0 Å². The maximum Gasteiger partial charge on any atom is 0.261 e. The van der Waals surface area contributed by atoms with E-state index >= 15 is 0 Å². The van der Waals surface area contributed by atoms with Crippen LogP contribution in [0.1, 0.15) is 34.1 Å². The van der Waals surface area contributed by atoms with Crippen molar-refractivity contribution in [1.29, 1.82) is 0 Å². The number of hydrogen-bond acceptors (Lipinski definition) is 5. The number of rotatable bonds is 10. The topological polar surface area (TPSA) is 69.2 Å². The van der Waals surface area contributed by atoms with Crippen LogP contribution in [0.25, 0.3) is 0 Å². The van der Waals surface area contributed by atoms with Crippen LogP contribution in [0.3, 0.4) is 0 Å². The Labute approximate surface area is 205 Å². The second kappa shape index (κ2) is 10.8. The van der Waals surface area contributed by atoms with Gasteiger partial charge in [-0.1, -0.05) is 87.5 Å². The van der Waals surface area contributed by atoms with Gasteiger partial charge in [-0.15, -0.1) is 6.58 Å². The summed E-state index contributed by atoms with van der Waals surface area (Å²) in [7, 11) is -6.36. The monoisotopic (exact) mass is 494 g/mol. The normalized spacial score (nSPS) is 14.4. The summed E-state index contributed by atoms with van der Waals surface area (Å²) in [5.41, 5.74) is 0. The van der Waals surface area contributed by atoms with E-state index in [-0.39, 0.29) is 16.1 Å². The molecule has 3 aromatic rings. The van der Waals surface area contributed by atoms with Crippen molar-refractivity contribution >= 4 is 28.5 Å². The summed E-state index contributed by atoms with van der Waals surface area (Å²) in [4.78, 5) is 7.90. The lowest BCUT2D eigenvalue weighted by atomic mass is 10.1. The van der Waals surface area contributed by atoms with Crippen molar-refractivity contribution in [1.82, 2.24) is 9.97 Å². The highest BCUT2D eigenvalue weighted by molar-refractivity contribution is 7.91. The van der Waals surface area contributed by atoms with E-state index in [1.54, 1.807) is 19.1 Å². The van der Waals surface area contributed by atoms with Gasteiger partial charge in [0, 0.05) is 19.0 Å². The van der Waals surface area contributed by atoms with Gasteiger partial charge in [0.15, 0.2) is 0 Å². The van der Waals surface area contributed by atoms with E-state index in [0.717, 1.165) is 0 Å². The second-order valence-electron chi connectivity index (χ2n) is 9.59. The van der Waals surface area contributed by atoms with Crippen LogP contribution >= 0.6 is 0 Å². The van der Waals surface area contributed by atoms with E-state index in [9.17, 15) is 8.42 Å². The molecule has 0 amide bonds. The lowest BCUT2D eigenvalue weighted by molar-refractivity contribution is 0.252. The highest BCUT2D eigenvalue weighted by Gasteiger charge is 2.50. The molecule has 0 N–H and O–H groups in total. The fourth-order valence-corrected chi connectivity index (χ4v) is 10.3. The Morgan fingerprint density at radius 3 is 1.88 bits per heavy atom. The summed E-state index contributed by atoms with van der Waals surface area (Å²) in [6.45, 7) is 12.7. The fraction of sp³-hybridized carbons (Fsp3) is 0.333. The molecule has 0 unspecified atom stereocenters. The molecule has 0 spiro atoms. The van der Waals surface area contributed by atoms with E-state index in [2.05, 4.69) is 85.8 Å². The molecular weight excluding hydrogens is 460 g/mol. The van der Waals surface area contributed by atoms with Gasteiger partial charge in [0.05, 0.1) is 5.25 Å². The number of hydrogen-bond donors (Lipinski definition) is 0. The summed E-state index contributed by atoms with van der Waals surface area (Å²) in [6, 6.07) is 22.4. The van der Waals surface area contributed by atoms with Crippen molar-refractivity contribution in [3.63, 3.8) is 0 Å². The minimum Gasteiger partial charge on any atom is -0.407 e. The zero-order valence-electron chi connectivity index (χ0n) is 20.4. The fourth-order valence-electron chi connectivity index (χ4n) is 4.39. The van der Waals surface area contributed by atoms with Crippen LogP contribution in [0.2, 0.25) is 5.04 Å². The van der Waals surface area contributed by atoms with E-state index in [1.807, 2.05) is 12.1 Å². The molecule has 1 aromatic heterocycles. The van der Waals surface area contributed by atoms with Gasteiger partial charge in [-0.25, -0.2) is 18.4 Å². The molecule has 0 aliphatic carbocycles. The summed E-state index contributed by atoms with van der Waals surface area (Å²) in [5.74, 6) is -0.143. The van der Waals surface area contributed by atoms with E-state index < -0.39 is 23.4 Å². The van der Waals surface area contributed by atoms with Crippen molar-refractivity contribution in [2.45, 2.75) is 49.6 Å². The highest BCUT2D eigenvalue weighted by Crippen LogP contribution is 2.37. The van der Waals surface area contributed by atoms with Crippen LogP contribution < -0.4 is 10.4 Å². The number of nitrogens with zero attached hydrogens (tertiary/aromatic N) is 2. The van der Waals surface area contributed by atoms with Gasteiger partial charge in [0.2, 0.25) is 15.0 Å². The first-order valence-corrected chi connectivity index (χ1v) is 15.0. The third-order valence-corrected chi connectivity index (χ3v) is 13.2. The molecule has 0 aliphatic heterocycles. The lowest BCUT2D eigenvalue weighted by Crippen LogP contribution is -2.66. The maximum atomic E-state index is 13.0. The van der Waals surface area contributed by atoms with Gasteiger partial charge in [0.1, 0.15) is 0 Å². The Morgan fingerprint density at radius 1 is 0.941 bits per heavy atom. The summed E-state index contributed by atoms with van der Waals surface area (Å²) < 4.78 is 33.0. The number of sulfone groups is 1. The molecular formula is C27H34N2O3SSi. The number of benzene rings is 2. The average molecular weight is 495 g/mol.